The number of nitrogens with zero attached hydrogens (tertiary/aromatic N) is 2. The van der Waals surface area contributed by atoms with Crippen LogP contribution < -0.4 is 5.32 Å². The Labute approximate surface area is 180 Å². The van der Waals surface area contributed by atoms with Gasteiger partial charge in [0.1, 0.15) is 5.60 Å². The molecule has 2 aromatic rings. The normalized spacial score (nSPS) is 16.8. The second-order valence-electron chi connectivity index (χ2n) is 8.75. The molecule has 1 atom stereocenters. The number of nitrogens with one attached hydrogen (secondary N) is 1. The highest BCUT2D eigenvalue weighted by atomic mass is 19.4. The molecule has 1 aliphatic heterocycles. The summed E-state index contributed by atoms with van der Waals surface area (Å²) in [4.78, 5) is 18.1. The lowest BCUT2D eigenvalue weighted by molar-refractivity contribution is -0.137. The maximum absolute atomic E-state index is 13.0. The molecule has 1 aromatic carbocycles. The fourth-order valence-corrected chi connectivity index (χ4v) is 3.59. The number of benzene rings is 1. The van der Waals surface area contributed by atoms with E-state index in [0.29, 0.717) is 13.1 Å². The van der Waals surface area contributed by atoms with E-state index in [2.05, 4.69) is 10.3 Å². The first-order valence-corrected chi connectivity index (χ1v) is 10.3. The van der Waals surface area contributed by atoms with Crippen LogP contribution in [0, 0.1) is 0 Å². The molecule has 8 heteroatoms. The number of hydrogen-bond donors (Lipinski definition) is 1. The van der Waals surface area contributed by atoms with E-state index in [0.717, 1.165) is 36.1 Å². The van der Waals surface area contributed by atoms with Gasteiger partial charge in [0.2, 0.25) is 0 Å². The third-order valence-electron chi connectivity index (χ3n) is 5.14. The summed E-state index contributed by atoms with van der Waals surface area (Å²) < 4.78 is 44.3. The summed E-state index contributed by atoms with van der Waals surface area (Å²) in [7, 11) is 0. The summed E-state index contributed by atoms with van der Waals surface area (Å²) in [6, 6.07) is 8.72. The van der Waals surface area contributed by atoms with E-state index in [-0.39, 0.29) is 18.2 Å². The van der Waals surface area contributed by atoms with E-state index in [4.69, 9.17) is 4.74 Å². The fourth-order valence-electron chi connectivity index (χ4n) is 3.59. The number of alkyl halides is 3. The summed E-state index contributed by atoms with van der Waals surface area (Å²) in [5.74, 6) is 0. The number of amides is 1. The molecule has 168 valence electrons. The lowest BCUT2D eigenvalue weighted by Gasteiger charge is -2.35. The number of piperidine rings is 1. The molecule has 0 spiro atoms. The highest BCUT2D eigenvalue weighted by molar-refractivity contribution is 5.68. The van der Waals surface area contributed by atoms with Gasteiger partial charge in [-0.15, -0.1) is 0 Å². The van der Waals surface area contributed by atoms with Gasteiger partial charge in [0.15, 0.2) is 0 Å². The molecule has 0 radical (unpaired) electrons. The number of hydrogen-bond acceptors (Lipinski definition) is 4. The van der Waals surface area contributed by atoms with Gasteiger partial charge in [0.25, 0.3) is 0 Å². The third-order valence-corrected chi connectivity index (χ3v) is 5.14. The largest absolute Gasteiger partial charge is 0.444 e. The van der Waals surface area contributed by atoms with Crippen molar-refractivity contribution in [2.24, 2.45) is 0 Å². The maximum Gasteiger partial charge on any atom is 0.416 e. The lowest BCUT2D eigenvalue weighted by atomic mass is 9.96. The van der Waals surface area contributed by atoms with Crippen LogP contribution in [0.3, 0.4) is 0 Å². The van der Waals surface area contributed by atoms with Crippen molar-refractivity contribution in [3.8, 4) is 0 Å². The van der Waals surface area contributed by atoms with E-state index in [9.17, 15) is 18.0 Å². The first-order valence-electron chi connectivity index (χ1n) is 10.3. The van der Waals surface area contributed by atoms with Crippen LogP contribution in [0.4, 0.5) is 18.0 Å². The smallest absolute Gasteiger partial charge is 0.416 e. The summed E-state index contributed by atoms with van der Waals surface area (Å²) >= 11 is 0. The van der Waals surface area contributed by atoms with Gasteiger partial charge in [-0.25, -0.2) is 4.79 Å². The molecular formula is C23H28F3N3O2. The van der Waals surface area contributed by atoms with Crippen LogP contribution in [-0.2, 0) is 10.9 Å². The monoisotopic (exact) mass is 435 g/mol. The summed E-state index contributed by atoms with van der Waals surface area (Å²) in [6.45, 7) is 6.62. The SMILES string of the molecule is CC(C)(C)OC(=O)N1CCC(NC(c2ccc(C(F)(F)F)cc2)c2cccnc2)CC1. The predicted molar refractivity (Wildman–Crippen MR) is 111 cm³/mol. The van der Waals surface area contributed by atoms with Crippen LogP contribution >= 0.6 is 0 Å². The van der Waals surface area contributed by atoms with Crippen molar-refractivity contribution >= 4 is 6.09 Å². The Morgan fingerprint density at radius 2 is 1.74 bits per heavy atom. The first kappa shape index (κ1) is 23.1. The molecular weight excluding hydrogens is 407 g/mol. The highest BCUT2D eigenvalue weighted by Gasteiger charge is 2.31. The first-order chi connectivity index (χ1) is 14.5. The molecule has 2 heterocycles. The van der Waals surface area contributed by atoms with Crippen molar-refractivity contribution in [2.45, 2.75) is 57.5 Å². The topological polar surface area (TPSA) is 54.5 Å². The van der Waals surface area contributed by atoms with Crippen molar-refractivity contribution in [1.29, 1.82) is 0 Å². The Kier molecular flexibility index (Phi) is 6.89. The Morgan fingerprint density at radius 1 is 1.10 bits per heavy atom. The van der Waals surface area contributed by atoms with Crippen molar-refractivity contribution in [3.63, 3.8) is 0 Å². The van der Waals surface area contributed by atoms with Gasteiger partial charge in [-0.3, -0.25) is 4.98 Å². The van der Waals surface area contributed by atoms with E-state index in [1.165, 1.54) is 12.1 Å². The number of halogens is 3. The standard InChI is InChI=1S/C23H28F3N3O2/c1-22(2,3)31-21(30)29-13-10-19(11-14-29)28-20(17-5-4-12-27-15-17)16-6-8-18(9-7-16)23(24,25)26/h4-9,12,15,19-20,28H,10-11,13-14H2,1-3H3. The average molecular weight is 435 g/mol. The Morgan fingerprint density at radius 3 is 2.26 bits per heavy atom. The molecule has 3 rings (SSSR count). The van der Waals surface area contributed by atoms with Gasteiger partial charge in [-0.05, 0) is 62.9 Å². The van der Waals surface area contributed by atoms with Gasteiger partial charge in [0.05, 0.1) is 11.6 Å². The van der Waals surface area contributed by atoms with Gasteiger partial charge in [-0.2, -0.15) is 13.2 Å². The number of likely N-dealkylation sites (tertiary alicyclic amines) is 1. The Bertz CT molecular complexity index is 856. The van der Waals surface area contributed by atoms with Crippen molar-refractivity contribution < 1.29 is 22.7 Å². The molecule has 0 bridgehead atoms. The average Bonchev–Trinajstić information content (AvgIpc) is 2.71. The molecule has 1 aromatic heterocycles. The zero-order chi connectivity index (χ0) is 22.6. The maximum atomic E-state index is 13.0. The van der Waals surface area contributed by atoms with E-state index in [1.807, 2.05) is 26.8 Å². The minimum absolute atomic E-state index is 0.103. The Hall–Kier alpha value is -2.61. The summed E-state index contributed by atoms with van der Waals surface area (Å²) in [5, 5.41) is 3.55. The van der Waals surface area contributed by atoms with Crippen molar-refractivity contribution in [2.75, 3.05) is 13.1 Å². The molecule has 1 aliphatic rings. The number of carbonyl (C=O) groups excluding carboxylic acids is 1. The van der Waals surface area contributed by atoms with Crippen LogP contribution in [0.25, 0.3) is 0 Å². The molecule has 1 fully saturated rings. The molecule has 31 heavy (non-hydrogen) atoms. The zero-order valence-corrected chi connectivity index (χ0v) is 17.9. The number of ether oxygens (including phenoxy) is 1. The number of pyridine rings is 1. The second-order valence-corrected chi connectivity index (χ2v) is 8.75. The molecule has 1 saturated heterocycles. The predicted octanol–water partition coefficient (Wildman–Crippen LogP) is 5.18. The fraction of sp³-hybridized carbons (Fsp3) is 0.478. The highest BCUT2D eigenvalue weighted by Crippen LogP contribution is 2.31. The van der Waals surface area contributed by atoms with Gasteiger partial charge < -0.3 is 15.0 Å². The molecule has 1 unspecified atom stereocenters. The van der Waals surface area contributed by atoms with Crippen molar-refractivity contribution in [1.82, 2.24) is 15.2 Å². The van der Waals surface area contributed by atoms with Crippen LogP contribution in [0.1, 0.15) is 56.3 Å². The number of carbonyl (C=O) groups is 1. The van der Waals surface area contributed by atoms with Gasteiger partial charge >= 0.3 is 12.3 Å². The van der Waals surface area contributed by atoms with Crippen molar-refractivity contribution in [3.05, 3.63) is 65.5 Å². The summed E-state index contributed by atoms with van der Waals surface area (Å²) in [5.41, 5.74) is 0.388. The molecule has 5 nitrogen and oxygen atoms in total. The van der Waals surface area contributed by atoms with Crippen LogP contribution in [0.5, 0.6) is 0 Å². The van der Waals surface area contributed by atoms with Crippen LogP contribution in [-0.4, -0.2) is 40.7 Å². The van der Waals surface area contributed by atoms with E-state index < -0.39 is 17.3 Å². The molecule has 0 aliphatic carbocycles. The van der Waals surface area contributed by atoms with Gasteiger partial charge in [-0.1, -0.05) is 18.2 Å². The van der Waals surface area contributed by atoms with Crippen LogP contribution in [0.15, 0.2) is 48.8 Å². The quantitative estimate of drug-likeness (QED) is 0.719. The minimum Gasteiger partial charge on any atom is -0.444 e. The van der Waals surface area contributed by atoms with Gasteiger partial charge in [0, 0.05) is 31.5 Å². The molecule has 1 N–H and O–H groups in total. The molecule has 1 amide bonds. The van der Waals surface area contributed by atoms with Crippen LogP contribution in [0.2, 0.25) is 0 Å². The van der Waals surface area contributed by atoms with E-state index in [1.54, 1.807) is 23.4 Å². The number of rotatable bonds is 4. The second kappa shape index (κ2) is 9.26. The minimum atomic E-state index is -4.37. The Balaban J connectivity index is 1.70. The third kappa shape index (κ3) is 6.43. The zero-order valence-electron chi connectivity index (χ0n) is 17.9. The summed E-state index contributed by atoms with van der Waals surface area (Å²) in [6.07, 6.45) is 0.118. The molecule has 0 saturated carbocycles. The van der Waals surface area contributed by atoms with E-state index >= 15 is 0 Å². The lowest BCUT2D eigenvalue weighted by Crippen LogP contribution is -2.47. The number of aromatic nitrogens is 1.